The van der Waals surface area contributed by atoms with Gasteiger partial charge in [-0.25, -0.2) is 0 Å². The number of anilines is 1. The highest BCUT2D eigenvalue weighted by molar-refractivity contribution is 6.41. The van der Waals surface area contributed by atoms with Crippen molar-refractivity contribution in [2.45, 2.75) is 0 Å². The number of carbonyl (C=O) groups excluding carboxylic acids is 3. The maximum atomic E-state index is 13.1. The first-order valence-electron chi connectivity index (χ1n) is 8.37. The van der Waals surface area contributed by atoms with Gasteiger partial charge in [0.25, 0.3) is 0 Å². The molecule has 3 aromatic rings. The number of rotatable bonds is 3. The van der Waals surface area contributed by atoms with Crippen LogP contribution in [0.4, 0.5) is 5.69 Å². The molecule has 3 aromatic carbocycles. The summed E-state index contributed by atoms with van der Waals surface area (Å²) in [5.74, 6) is -0.918. The molecule has 0 saturated heterocycles. The smallest absolute Gasteiger partial charge is 0.196 e. The van der Waals surface area contributed by atoms with Crippen LogP contribution in [0.1, 0.15) is 47.8 Å². The molecule has 0 saturated carbocycles. The van der Waals surface area contributed by atoms with Crippen LogP contribution >= 0.6 is 11.6 Å². The van der Waals surface area contributed by atoms with Gasteiger partial charge in [-0.15, -0.1) is 0 Å². The molecule has 0 spiro atoms. The van der Waals surface area contributed by atoms with Crippen molar-refractivity contribution < 1.29 is 14.4 Å². The van der Waals surface area contributed by atoms with Crippen molar-refractivity contribution in [3.63, 3.8) is 0 Å². The molecule has 0 aromatic heterocycles. The van der Waals surface area contributed by atoms with Gasteiger partial charge in [-0.3, -0.25) is 14.4 Å². The number of benzene rings is 3. The van der Waals surface area contributed by atoms with E-state index in [0.717, 1.165) is 0 Å². The number of fused-ring (bicyclic) bond motifs is 2. The molecule has 0 atom stereocenters. The number of halogens is 1. The van der Waals surface area contributed by atoms with Gasteiger partial charge in [-0.05, 0) is 6.07 Å². The van der Waals surface area contributed by atoms with E-state index in [1.165, 1.54) is 6.07 Å². The van der Waals surface area contributed by atoms with Gasteiger partial charge in [0.2, 0.25) is 0 Å². The lowest BCUT2D eigenvalue weighted by atomic mass is 9.81. The SMILES string of the molecule is CNc1c(C(=O)c2ccccc2)cc(Cl)c2c1C(=O)c1ccccc1C2=O. The van der Waals surface area contributed by atoms with Crippen LogP contribution < -0.4 is 5.32 Å². The number of ketones is 3. The van der Waals surface area contributed by atoms with Gasteiger partial charge in [-0.1, -0.05) is 66.2 Å². The van der Waals surface area contributed by atoms with Gasteiger partial charge < -0.3 is 5.32 Å². The zero-order valence-electron chi connectivity index (χ0n) is 14.4. The normalized spacial score (nSPS) is 12.4. The second-order valence-electron chi connectivity index (χ2n) is 6.18. The van der Waals surface area contributed by atoms with Crippen molar-refractivity contribution in [3.8, 4) is 0 Å². The zero-order valence-corrected chi connectivity index (χ0v) is 15.1. The first-order chi connectivity index (χ1) is 13.0. The lowest BCUT2D eigenvalue weighted by molar-refractivity contribution is 0.0979. The largest absolute Gasteiger partial charge is 0.387 e. The second kappa shape index (κ2) is 6.49. The number of hydrogen-bond donors (Lipinski definition) is 1. The Hall–Kier alpha value is -3.24. The highest BCUT2D eigenvalue weighted by atomic mass is 35.5. The molecule has 132 valence electrons. The zero-order chi connectivity index (χ0) is 19.1. The van der Waals surface area contributed by atoms with Crippen LogP contribution in [0.5, 0.6) is 0 Å². The average molecular weight is 376 g/mol. The predicted molar refractivity (Wildman–Crippen MR) is 104 cm³/mol. The standard InChI is InChI=1S/C22H14ClNO3/c1-24-19-15(20(25)12-7-3-2-4-8-12)11-16(23)17-18(19)22(27)14-10-6-5-9-13(14)21(17)26/h2-11,24H,1H3. The Labute approximate surface area is 160 Å². The Morgan fingerprint density at radius 2 is 1.41 bits per heavy atom. The van der Waals surface area contributed by atoms with Crippen molar-refractivity contribution in [1.82, 2.24) is 0 Å². The number of hydrogen-bond acceptors (Lipinski definition) is 4. The average Bonchev–Trinajstić information content (AvgIpc) is 2.71. The lowest BCUT2D eigenvalue weighted by Gasteiger charge is -2.23. The van der Waals surface area contributed by atoms with Crippen LogP contribution in [0.15, 0.2) is 60.7 Å². The van der Waals surface area contributed by atoms with Gasteiger partial charge in [0.1, 0.15) is 0 Å². The fourth-order valence-corrected chi connectivity index (χ4v) is 3.72. The molecule has 0 heterocycles. The number of nitrogens with one attached hydrogen (secondary N) is 1. The summed E-state index contributed by atoms with van der Waals surface area (Å²) < 4.78 is 0. The minimum absolute atomic E-state index is 0.0936. The van der Waals surface area contributed by atoms with Crippen molar-refractivity contribution >= 4 is 34.6 Å². The molecular weight excluding hydrogens is 362 g/mol. The van der Waals surface area contributed by atoms with Crippen molar-refractivity contribution in [2.75, 3.05) is 12.4 Å². The Bertz CT molecular complexity index is 1120. The van der Waals surface area contributed by atoms with E-state index in [1.807, 2.05) is 6.07 Å². The maximum absolute atomic E-state index is 13.1. The molecule has 0 bridgehead atoms. The third-order valence-corrected chi connectivity index (χ3v) is 4.98. The molecule has 0 radical (unpaired) electrons. The summed E-state index contributed by atoms with van der Waals surface area (Å²) in [6.45, 7) is 0. The van der Waals surface area contributed by atoms with E-state index in [0.29, 0.717) is 22.4 Å². The van der Waals surface area contributed by atoms with Gasteiger partial charge in [-0.2, -0.15) is 0 Å². The molecule has 1 aliphatic rings. The Kier molecular flexibility index (Phi) is 4.13. The quantitative estimate of drug-likeness (QED) is 0.539. The fourth-order valence-electron chi connectivity index (χ4n) is 3.43. The predicted octanol–water partition coefficient (Wildman–Crippen LogP) is 4.39. The summed E-state index contributed by atoms with van der Waals surface area (Å²) in [7, 11) is 1.61. The summed E-state index contributed by atoms with van der Waals surface area (Å²) in [4.78, 5) is 39.1. The van der Waals surface area contributed by atoms with Gasteiger partial charge >= 0.3 is 0 Å². The summed E-state index contributed by atoms with van der Waals surface area (Å²) in [6.07, 6.45) is 0. The third kappa shape index (κ3) is 2.57. The minimum Gasteiger partial charge on any atom is -0.387 e. The summed E-state index contributed by atoms with van der Waals surface area (Å²) >= 11 is 6.38. The van der Waals surface area contributed by atoms with E-state index in [-0.39, 0.29) is 39.1 Å². The van der Waals surface area contributed by atoms with Crippen molar-refractivity contribution in [2.24, 2.45) is 0 Å². The highest BCUT2D eigenvalue weighted by Gasteiger charge is 2.35. The molecule has 1 N–H and O–H groups in total. The van der Waals surface area contributed by atoms with E-state index in [4.69, 9.17) is 11.6 Å². The Balaban J connectivity index is 1.99. The van der Waals surface area contributed by atoms with E-state index < -0.39 is 0 Å². The molecule has 0 unspecified atom stereocenters. The molecule has 4 nitrogen and oxygen atoms in total. The van der Waals surface area contributed by atoms with Crippen LogP contribution in [0, 0.1) is 0 Å². The molecule has 0 aliphatic heterocycles. The summed E-state index contributed by atoms with van der Waals surface area (Å²) in [5.41, 5.74) is 1.96. The van der Waals surface area contributed by atoms with E-state index in [1.54, 1.807) is 55.6 Å². The van der Waals surface area contributed by atoms with Crippen LogP contribution in [0.3, 0.4) is 0 Å². The lowest BCUT2D eigenvalue weighted by Crippen LogP contribution is -2.24. The Morgan fingerprint density at radius 1 is 0.852 bits per heavy atom. The highest BCUT2D eigenvalue weighted by Crippen LogP contribution is 2.39. The fraction of sp³-hybridized carbons (Fsp3) is 0.0455. The minimum atomic E-state index is -0.325. The monoisotopic (exact) mass is 375 g/mol. The summed E-state index contributed by atoms with van der Waals surface area (Å²) in [5, 5.41) is 3.02. The molecule has 0 amide bonds. The molecule has 1 aliphatic carbocycles. The topological polar surface area (TPSA) is 63.2 Å². The molecular formula is C22H14ClNO3. The molecule has 27 heavy (non-hydrogen) atoms. The van der Waals surface area contributed by atoms with E-state index in [9.17, 15) is 14.4 Å². The molecule has 4 rings (SSSR count). The van der Waals surface area contributed by atoms with Crippen molar-refractivity contribution in [3.05, 3.63) is 99.1 Å². The van der Waals surface area contributed by atoms with E-state index in [2.05, 4.69) is 5.32 Å². The van der Waals surface area contributed by atoms with Crippen molar-refractivity contribution in [1.29, 1.82) is 0 Å². The van der Waals surface area contributed by atoms with Crippen LogP contribution in [0.2, 0.25) is 5.02 Å². The second-order valence-corrected chi connectivity index (χ2v) is 6.59. The van der Waals surface area contributed by atoms with Crippen LogP contribution in [0.25, 0.3) is 0 Å². The van der Waals surface area contributed by atoms with E-state index >= 15 is 0 Å². The van der Waals surface area contributed by atoms with Gasteiger partial charge in [0, 0.05) is 29.3 Å². The molecule has 0 fully saturated rings. The van der Waals surface area contributed by atoms with Gasteiger partial charge in [0.05, 0.1) is 21.8 Å². The third-order valence-electron chi connectivity index (χ3n) is 4.68. The number of carbonyl (C=O) groups is 3. The summed E-state index contributed by atoms with van der Waals surface area (Å²) in [6, 6.07) is 16.8. The molecule has 5 heteroatoms. The van der Waals surface area contributed by atoms with Crippen LogP contribution in [-0.2, 0) is 0 Å². The van der Waals surface area contributed by atoms with Gasteiger partial charge in [0.15, 0.2) is 17.3 Å². The maximum Gasteiger partial charge on any atom is 0.196 e. The first-order valence-corrected chi connectivity index (χ1v) is 8.74. The Morgan fingerprint density at radius 3 is 2.00 bits per heavy atom. The van der Waals surface area contributed by atoms with Crippen LogP contribution in [-0.4, -0.2) is 24.4 Å². The first kappa shape index (κ1) is 17.2.